The molecule has 2 heterocycles. The van der Waals surface area contributed by atoms with E-state index in [-0.39, 0.29) is 17.9 Å². The second-order valence-corrected chi connectivity index (χ2v) is 8.01. The van der Waals surface area contributed by atoms with Crippen LogP contribution in [-0.2, 0) is 11.2 Å². The first-order chi connectivity index (χ1) is 12.7. The van der Waals surface area contributed by atoms with Crippen molar-refractivity contribution in [1.82, 2.24) is 10.3 Å². The van der Waals surface area contributed by atoms with Gasteiger partial charge in [-0.25, -0.2) is 4.98 Å². The summed E-state index contributed by atoms with van der Waals surface area (Å²) in [5, 5.41) is 4.19. The highest BCUT2D eigenvalue weighted by atomic mass is 32.1. The zero-order chi connectivity index (χ0) is 17.9. The fraction of sp³-hybridized carbons (Fsp3) is 0.333. The van der Waals surface area contributed by atoms with Gasteiger partial charge in [-0.15, -0.1) is 0 Å². The predicted octanol–water partition coefficient (Wildman–Crippen LogP) is 3.87. The van der Waals surface area contributed by atoms with E-state index in [4.69, 9.17) is 0 Å². The Bertz CT molecular complexity index is 853. The first-order valence-corrected chi connectivity index (χ1v) is 9.95. The van der Waals surface area contributed by atoms with E-state index >= 15 is 0 Å². The highest BCUT2D eigenvalue weighted by molar-refractivity contribution is 7.22. The van der Waals surface area contributed by atoms with Gasteiger partial charge in [0.15, 0.2) is 5.13 Å². The molecule has 2 aromatic carbocycles. The van der Waals surface area contributed by atoms with Crippen LogP contribution in [0.25, 0.3) is 10.2 Å². The van der Waals surface area contributed by atoms with Crippen LogP contribution in [0, 0.1) is 5.92 Å². The normalized spacial score (nSPS) is 15.7. The maximum absolute atomic E-state index is 12.4. The summed E-state index contributed by atoms with van der Waals surface area (Å²) in [6.07, 6.45) is 1.95. The lowest BCUT2D eigenvalue weighted by Crippen LogP contribution is -2.55. The van der Waals surface area contributed by atoms with E-state index in [0.717, 1.165) is 36.6 Å². The van der Waals surface area contributed by atoms with Gasteiger partial charge in [0.05, 0.1) is 16.1 Å². The molecule has 0 saturated carbocycles. The van der Waals surface area contributed by atoms with Crippen molar-refractivity contribution >= 4 is 32.6 Å². The number of carbonyl (C=O) groups excluding carboxylic acids is 1. The number of hydrogen-bond donors (Lipinski definition) is 1. The number of thiazole rings is 1. The molecule has 1 aliphatic rings. The number of nitrogens with one attached hydrogen (secondary N) is 1. The maximum Gasteiger partial charge on any atom is 0.226 e. The van der Waals surface area contributed by atoms with Crippen LogP contribution in [0.2, 0.25) is 0 Å². The molecule has 1 amide bonds. The summed E-state index contributed by atoms with van der Waals surface area (Å²) in [4.78, 5) is 19.3. The van der Waals surface area contributed by atoms with E-state index in [1.165, 1.54) is 10.3 Å². The summed E-state index contributed by atoms with van der Waals surface area (Å²) in [5.41, 5.74) is 2.36. The van der Waals surface area contributed by atoms with Crippen molar-refractivity contribution in [1.29, 1.82) is 0 Å². The second kappa shape index (κ2) is 7.46. The molecule has 0 radical (unpaired) electrons. The van der Waals surface area contributed by atoms with Crippen LogP contribution < -0.4 is 10.2 Å². The molecule has 1 unspecified atom stereocenters. The van der Waals surface area contributed by atoms with Crippen molar-refractivity contribution in [3.05, 3.63) is 60.2 Å². The number of nitrogens with zero attached hydrogens (tertiary/aromatic N) is 2. The molecule has 0 aliphatic carbocycles. The molecule has 1 N–H and O–H groups in total. The highest BCUT2D eigenvalue weighted by Gasteiger charge is 2.34. The van der Waals surface area contributed by atoms with Gasteiger partial charge in [-0.05, 0) is 37.5 Å². The molecule has 1 aromatic heterocycles. The third-order valence-corrected chi connectivity index (χ3v) is 6.00. The summed E-state index contributed by atoms with van der Waals surface area (Å²) < 4.78 is 1.20. The highest BCUT2D eigenvalue weighted by Crippen LogP contribution is 2.32. The largest absolute Gasteiger partial charge is 0.353 e. The average molecular weight is 366 g/mol. The molecule has 4 nitrogen and oxygen atoms in total. The van der Waals surface area contributed by atoms with E-state index in [0.29, 0.717) is 0 Å². The van der Waals surface area contributed by atoms with Crippen LogP contribution in [0.15, 0.2) is 54.6 Å². The maximum atomic E-state index is 12.4. The van der Waals surface area contributed by atoms with Crippen LogP contribution in [-0.4, -0.2) is 30.0 Å². The van der Waals surface area contributed by atoms with Gasteiger partial charge in [0.2, 0.25) is 5.91 Å². The quantitative estimate of drug-likeness (QED) is 0.721. The summed E-state index contributed by atoms with van der Waals surface area (Å²) in [6.45, 7) is 3.61. The Kier molecular flexibility index (Phi) is 4.89. The smallest absolute Gasteiger partial charge is 0.226 e. The zero-order valence-electron chi connectivity index (χ0n) is 14.9. The van der Waals surface area contributed by atoms with Crippen LogP contribution in [0.1, 0.15) is 18.9 Å². The number of carbonyl (C=O) groups is 1. The molecule has 1 fully saturated rings. The van der Waals surface area contributed by atoms with Crippen molar-refractivity contribution in [2.75, 3.05) is 18.0 Å². The Morgan fingerprint density at radius 3 is 2.69 bits per heavy atom. The van der Waals surface area contributed by atoms with Crippen molar-refractivity contribution < 1.29 is 4.79 Å². The molecular weight excluding hydrogens is 342 g/mol. The lowest BCUT2D eigenvalue weighted by atomic mass is 9.99. The molecule has 3 aromatic rings. The molecule has 1 atom stereocenters. The number of amides is 1. The molecule has 0 bridgehead atoms. The topological polar surface area (TPSA) is 45.2 Å². The number of benzene rings is 2. The van der Waals surface area contributed by atoms with Crippen molar-refractivity contribution in [2.45, 2.75) is 25.8 Å². The summed E-state index contributed by atoms with van der Waals surface area (Å²) in [7, 11) is 0. The van der Waals surface area contributed by atoms with Gasteiger partial charge in [0.25, 0.3) is 0 Å². The summed E-state index contributed by atoms with van der Waals surface area (Å²) in [6, 6.07) is 18.8. The van der Waals surface area contributed by atoms with Crippen LogP contribution >= 0.6 is 11.3 Å². The lowest BCUT2D eigenvalue weighted by molar-refractivity contribution is -0.126. The number of hydrogen-bond acceptors (Lipinski definition) is 4. The van der Waals surface area contributed by atoms with E-state index in [1.54, 1.807) is 11.3 Å². The Labute approximate surface area is 157 Å². The summed E-state index contributed by atoms with van der Waals surface area (Å²) in [5.74, 6) is 0.240. The van der Waals surface area contributed by atoms with E-state index in [1.807, 2.05) is 24.3 Å². The first kappa shape index (κ1) is 17.0. The fourth-order valence-electron chi connectivity index (χ4n) is 3.26. The Balaban J connectivity index is 1.25. The van der Waals surface area contributed by atoms with E-state index in [9.17, 15) is 4.79 Å². The monoisotopic (exact) mass is 365 g/mol. The zero-order valence-corrected chi connectivity index (χ0v) is 15.7. The number of anilines is 1. The molecule has 1 saturated heterocycles. The van der Waals surface area contributed by atoms with Gasteiger partial charge in [-0.3, -0.25) is 4.79 Å². The number of rotatable bonds is 6. The van der Waals surface area contributed by atoms with E-state index in [2.05, 4.69) is 52.5 Å². The number of fused-ring (bicyclic) bond motifs is 1. The fourth-order valence-corrected chi connectivity index (χ4v) is 4.24. The standard InChI is InChI=1S/C21H23N3OS/c1-15(11-12-16-7-3-2-4-8-16)22-20(25)17-13-24(14-17)21-23-18-9-5-6-10-19(18)26-21/h2-10,15,17H,11-14H2,1H3,(H,22,25). The second-order valence-electron chi connectivity index (χ2n) is 7.00. The van der Waals surface area contributed by atoms with Crippen molar-refractivity contribution in [3.63, 3.8) is 0 Å². The van der Waals surface area contributed by atoms with Crippen molar-refractivity contribution in [2.24, 2.45) is 5.92 Å². The van der Waals surface area contributed by atoms with E-state index < -0.39 is 0 Å². The number of aromatic nitrogens is 1. The molecule has 4 rings (SSSR count). The van der Waals surface area contributed by atoms with Gasteiger partial charge in [0.1, 0.15) is 0 Å². The van der Waals surface area contributed by atoms with Gasteiger partial charge in [0, 0.05) is 19.1 Å². The minimum Gasteiger partial charge on any atom is -0.353 e. The number of para-hydroxylation sites is 1. The minimum atomic E-state index is 0.0705. The molecular formula is C21H23N3OS. The van der Waals surface area contributed by atoms with Crippen LogP contribution in [0.4, 0.5) is 5.13 Å². The van der Waals surface area contributed by atoms with Gasteiger partial charge >= 0.3 is 0 Å². The van der Waals surface area contributed by atoms with Crippen LogP contribution in [0.3, 0.4) is 0 Å². The van der Waals surface area contributed by atoms with Gasteiger partial charge < -0.3 is 10.2 Å². The SMILES string of the molecule is CC(CCc1ccccc1)NC(=O)C1CN(c2nc3ccccc3s2)C1. The number of aryl methyl sites for hydroxylation is 1. The molecule has 26 heavy (non-hydrogen) atoms. The molecule has 1 aliphatic heterocycles. The average Bonchev–Trinajstić information content (AvgIpc) is 3.03. The summed E-state index contributed by atoms with van der Waals surface area (Å²) >= 11 is 1.70. The molecule has 0 spiro atoms. The molecule has 134 valence electrons. The third-order valence-electron chi connectivity index (χ3n) is 4.90. The van der Waals surface area contributed by atoms with Gasteiger partial charge in [-0.2, -0.15) is 0 Å². The van der Waals surface area contributed by atoms with Crippen molar-refractivity contribution in [3.8, 4) is 0 Å². The minimum absolute atomic E-state index is 0.0705. The third kappa shape index (κ3) is 3.73. The Morgan fingerprint density at radius 2 is 1.92 bits per heavy atom. The van der Waals surface area contributed by atoms with Crippen LogP contribution in [0.5, 0.6) is 0 Å². The molecule has 5 heteroatoms. The Morgan fingerprint density at radius 1 is 1.19 bits per heavy atom. The first-order valence-electron chi connectivity index (χ1n) is 9.14. The lowest BCUT2D eigenvalue weighted by Gasteiger charge is -2.38. The van der Waals surface area contributed by atoms with Gasteiger partial charge in [-0.1, -0.05) is 53.8 Å². The predicted molar refractivity (Wildman–Crippen MR) is 108 cm³/mol. The Hall–Kier alpha value is -2.40.